The Labute approximate surface area is 145 Å². The van der Waals surface area contributed by atoms with Crippen molar-refractivity contribution in [2.75, 3.05) is 13.2 Å². The zero-order valence-corrected chi connectivity index (χ0v) is 14.4. The molecule has 136 valence electrons. The maximum absolute atomic E-state index is 12.3. The Hall–Kier alpha value is -2.77. The SMILES string of the molecule is CCCCOc1cc(-c2cc(C(=O)O)no2)[n+]([O-])cc1OCCCC. The number of hydrogen-bond donors (Lipinski definition) is 1. The van der Waals surface area contributed by atoms with Crippen LogP contribution in [0.2, 0.25) is 0 Å². The van der Waals surface area contributed by atoms with Crippen LogP contribution in [0.15, 0.2) is 22.9 Å². The number of unbranched alkanes of at least 4 members (excludes halogenated alkanes) is 2. The molecule has 2 heterocycles. The van der Waals surface area contributed by atoms with Gasteiger partial charge in [0.05, 0.1) is 19.3 Å². The molecule has 0 aromatic carbocycles. The second kappa shape index (κ2) is 8.91. The first-order valence-electron chi connectivity index (χ1n) is 8.30. The largest absolute Gasteiger partial charge is 0.618 e. The summed E-state index contributed by atoms with van der Waals surface area (Å²) in [5.74, 6) is -0.416. The van der Waals surface area contributed by atoms with E-state index in [1.807, 2.05) is 13.8 Å². The molecule has 0 fully saturated rings. The molecule has 0 aliphatic rings. The van der Waals surface area contributed by atoms with Crippen molar-refractivity contribution in [3.05, 3.63) is 29.2 Å². The fraction of sp³-hybridized carbons (Fsp3) is 0.471. The molecule has 0 aliphatic heterocycles. The molecule has 8 heteroatoms. The Morgan fingerprint density at radius 2 is 1.84 bits per heavy atom. The smallest absolute Gasteiger partial charge is 0.358 e. The molecule has 2 rings (SSSR count). The van der Waals surface area contributed by atoms with E-state index in [4.69, 9.17) is 19.1 Å². The summed E-state index contributed by atoms with van der Waals surface area (Å²) in [6.45, 7) is 5.06. The van der Waals surface area contributed by atoms with Crippen LogP contribution in [0.25, 0.3) is 11.5 Å². The van der Waals surface area contributed by atoms with Gasteiger partial charge in [-0.1, -0.05) is 31.8 Å². The van der Waals surface area contributed by atoms with Crippen LogP contribution < -0.4 is 14.2 Å². The van der Waals surface area contributed by atoms with Gasteiger partial charge in [-0.05, 0) is 12.8 Å². The molecule has 0 spiro atoms. The van der Waals surface area contributed by atoms with Crippen molar-refractivity contribution in [3.8, 4) is 23.0 Å². The first-order valence-corrected chi connectivity index (χ1v) is 8.30. The standard InChI is InChI=1S/C17H22N2O6/c1-3-5-7-23-15-10-13(14-9-12(17(20)21)18-25-14)19(22)11-16(15)24-8-6-4-2/h9-11H,3-8H2,1-2H3,(H,20,21). The minimum absolute atomic E-state index is 0.0489. The van der Waals surface area contributed by atoms with Gasteiger partial charge in [-0.15, -0.1) is 0 Å². The van der Waals surface area contributed by atoms with Crippen LogP contribution in [0.3, 0.4) is 0 Å². The van der Waals surface area contributed by atoms with Gasteiger partial charge >= 0.3 is 5.97 Å². The van der Waals surface area contributed by atoms with Crippen LogP contribution in [0.5, 0.6) is 11.5 Å². The third-order valence-electron chi connectivity index (χ3n) is 3.48. The average molecular weight is 350 g/mol. The number of pyridine rings is 1. The molecule has 0 unspecified atom stereocenters. The quantitative estimate of drug-likeness (QED) is 0.398. The van der Waals surface area contributed by atoms with Crippen molar-refractivity contribution in [1.82, 2.24) is 5.16 Å². The van der Waals surface area contributed by atoms with Crippen molar-refractivity contribution in [2.45, 2.75) is 39.5 Å². The Balaban J connectivity index is 2.32. The van der Waals surface area contributed by atoms with Crippen LogP contribution in [-0.2, 0) is 0 Å². The summed E-state index contributed by atoms with van der Waals surface area (Å²) < 4.78 is 16.9. The monoisotopic (exact) mass is 350 g/mol. The number of hydrogen-bond acceptors (Lipinski definition) is 6. The summed E-state index contributed by atoms with van der Waals surface area (Å²) in [6, 6.07) is 2.68. The summed E-state index contributed by atoms with van der Waals surface area (Å²) in [5, 5.41) is 24.6. The summed E-state index contributed by atoms with van der Waals surface area (Å²) in [4.78, 5) is 10.9. The lowest BCUT2D eigenvalue weighted by atomic mass is 10.2. The van der Waals surface area contributed by atoms with Crippen LogP contribution in [0, 0.1) is 5.21 Å². The number of ether oxygens (including phenoxy) is 2. The lowest BCUT2D eigenvalue weighted by molar-refractivity contribution is -0.594. The van der Waals surface area contributed by atoms with E-state index in [-0.39, 0.29) is 17.1 Å². The number of nitrogens with zero attached hydrogens (tertiary/aromatic N) is 2. The molecule has 1 N–H and O–H groups in total. The Kier molecular flexibility index (Phi) is 6.62. The predicted octanol–water partition coefficient (Wildman–Crippen LogP) is 3.03. The fourth-order valence-electron chi connectivity index (χ4n) is 2.05. The Morgan fingerprint density at radius 1 is 1.20 bits per heavy atom. The summed E-state index contributed by atoms with van der Waals surface area (Å²) in [6.07, 6.45) is 4.92. The van der Waals surface area contributed by atoms with E-state index in [1.165, 1.54) is 18.3 Å². The molecule has 8 nitrogen and oxygen atoms in total. The van der Waals surface area contributed by atoms with Gasteiger partial charge in [0.25, 0.3) is 5.69 Å². The van der Waals surface area contributed by atoms with Crippen molar-refractivity contribution in [1.29, 1.82) is 0 Å². The van der Waals surface area contributed by atoms with Gasteiger partial charge in [-0.3, -0.25) is 0 Å². The van der Waals surface area contributed by atoms with E-state index in [9.17, 15) is 10.0 Å². The first-order chi connectivity index (χ1) is 12.1. The second-order valence-corrected chi connectivity index (χ2v) is 5.50. The molecule has 0 saturated carbocycles. The highest BCUT2D eigenvalue weighted by atomic mass is 16.5. The van der Waals surface area contributed by atoms with Crippen molar-refractivity contribution in [3.63, 3.8) is 0 Å². The number of carboxylic acids is 1. The number of carboxylic acid groups (broad SMARTS) is 1. The van der Waals surface area contributed by atoms with Gasteiger partial charge in [-0.25, -0.2) is 4.79 Å². The van der Waals surface area contributed by atoms with Gasteiger partial charge in [0, 0.05) is 6.07 Å². The highest BCUT2D eigenvalue weighted by molar-refractivity contribution is 5.86. The molecule has 0 aliphatic carbocycles. The highest BCUT2D eigenvalue weighted by Gasteiger charge is 2.22. The van der Waals surface area contributed by atoms with E-state index >= 15 is 0 Å². The van der Waals surface area contributed by atoms with Gasteiger partial charge in [0.2, 0.25) is 17.7 Å². The maximum atomic E-state index is 12.3. The third-order valence-corrected chi connectivity index (χ3v) is 3.48. The van der Waals surface area contributed by atoms with Gasteiger partial charge in [0.15, 0.2) is 11.4 Å². The van der Waals surface area contributed by atoms with E-state index < -0.39 is 5.97 Å². The Morgan fingerprint density at radius 3 is 2.40 bits per heavy atom. The summed E-state index contributed by atoms with van der Waals surface area (Å²) in [7, 11) is 0. The zero-order valence-electron chi connectivity index (χ0n) is 14.4. The van der Waals surface area contributed by atoms with Crippen molar-refractivity contribution in [2.24, 2.45) is 0 Å². The topological polar surface area (TPSA) is 109 Å². The van der Waals surface area contributed by atoms with Gasteiger partial charge < -0.3 is 24.3 Å². The van der Waals surface area contributed by atoms with Crippen molar-refractivity contribution >= 4 is 5.97 Å². The Bertz CT molecular complexity index is 713. The zero-order chi connectivity index (χ0) is 18.2. The summed E-state index contributed by atoms with van der Waals surface area (Å²) in [5.41, 5.74) is -0.166. The molecule has 0 radical (unpaired) electrons. The predicted molar refractivity (Wildman–Crippen MR) is 88.7 cm³/mol. The van der Waals surface area contributed by atoms with E-state index in [2.05, 4.69) is 5.16 Å². The average Bonchev–Trinajstić information content (AvgIpc) is 3.07. The third kappa shape index (κ3) is 4.85. The molecule has 0 saturated heterocycles. The number of carbonyl (C=O) groups is 1. The van der Waals surface area contributed by atoms with Crippen LogP contribution in [0.4, 0.5) is 0 Å². The van der Waals surface area contributed by atoms with E-state index in [0.717, 1.165) is 25.7 Å². The van der Waals surface area contributed by atoms with Crippen LogP contribution >= 0.6 is 0 Å². The number of aromatic carboxylic acids is 1. The molecule has 0 amide bonds. The van der Waals surface area contributed by atoms with Crippen LogP contribution in [-0.4, -0.2) is 29.4 Å². The number of rotatable bonds is 10. The molecule has 25 heavy (non-hydrogen) atoms. The minimum atomic E-state index is -1.23. The molecular formula is C17H22N2O6. The van der Waals surface area contributed by atoms with Gasteiger partial charge in [0.1, 0.15) is 0 Å². The fourth-order valence-corrected chi connectivity index (χ4v) is 2.05. The van der Waals surface area contributed by atoms with Crippen LogP contribution in [0.1, 0.15) is 50.0 Å². The molecule has 0 bridgehead atoms. The highest BCUT2D eigenvalue weighted by Crippen LogP contribution is 2.30. The number of aromatic nitrogens is 2. The minimum Gasteiger partial charge on any atom is -0.618 e. The first kappa shape index (κ1) is 18.6. The van der Waals surface area contributed by atoms with Gasteiger partial charge in [-0.2, -0.15) is 4.73 Å². The molecular weight excluding hydrogens is 328 g/mol. The summed E-state index contributed by atoms with van der Waals surface area (Å²) >= 11 is 0. The molecule has 2 aromatic heterocycles. The van der Waals surface area contributed by atoms with Crippen molar-refractivity contribution < 1.29 is 28.6 Å². The second-order valence-electron chi connectivity index (χ2n) is 5.50. The normalized spacial score (nSPS) is 10.6. The molecule has 2 aromatic rings. The maximum Gasteiger partial charge on any atom is 0.358 e. The van der Waals surface area contributed by atoms with E-state index in [0.29, 0.717) is 29.4 Å². The van der Waals surface area contributed by atoms with E-state index in [1.54, 1.807) is 0 Å². The molecule has 0 atom stereocenters. The lowest BCUT2D eigenvalue weighted by Gasteiger charge is -2.13. The lowest BCUT2D eigenvalue weighted by Crippen LogP contribution is -2.29.